The van der Waals surface area contributed by atoms with Gasteiger partial charge in [0.1, 0.15) is 17.5 Å². The van der Waals surface area contributed by atoms with Gasteiger partial charge in [0.05, 0.1) is 0 Å². The summed E-state index contributed by atoms with van der Waals surface area (Å²) in [6, 6.07) is 1.60. The summed E-state index contributed by atoms with van der Waals surface area (Å²) in [5, 5.41) is 20.5. The normalized spacial score (nSPS) is 12.2. The SMILES string of the molecule is CC(C)=NN(C)/C(N)=C(/C#N)C(=N)S(C)(=O)=O. The Morgan fingerprint density at radius 2 is 1.94 bits per heavy atom. The van der Waals surface area contributed by atoms with E-state index < -0.39 is 20.5 Å². The highest BCUT2D eigenvalue weighted by atomic mass is 32.2. The van der Waals surface area contributed by atoms with Crippen LogP contribution in [0.2, 0.25) is 0 Å². The molecule has 0 fully saturated rings. The topological polar surface area (TPSA) is 123 Å². The molecule has 0 saturated heterocycles. The van der Waals surface area contributed by atoms with Crippen LogP contribution in [0.5, 0.6) is 0 Å². The van der Waals surface area contributed by atoms with E-state index in [9.17, 15) is 8.42 Å². The number of hydrogen-bond acceptors (Lipinski definition) is 7. The molecule has 3 N–H and O–H groups in total. The summed E-state index contributed by atoms with van der Waals surface area (Å²) >= 11 is 0. The van der Waals surface area contributed by atoms with Gasteiger partial charge in [0.25, 0.3) is 0 Å². The Hall–Kier alpha value is -1.88. The molecule has 0 aliphatic rings. The molecular formula is C9H15N5O2S. The van der Waals surface area contributed by atoms with Crippen LogP contribution < -0.4 is 5.73 Å². The lowest BCUT2D eigenvalue weighted by atomic mass is 10.3. The summed E-state index contributed by atoms with van der Waals surface area (Å²) < 4.78 is 22.3. The van der Waals surface area contributed by atoms with Gasteiger partial charge in [-0.15, -0.1) is 0 Å². The Bertz CT molecular complexity index is 520. The summed E-state index contributed by atoms with van der Waals surface area (Å²) in [6.45, 7) is 3.44. The smallest absolute Gasteiger partial charge is 0.193 e. The Morgan fingerprint density at radius 1 is 1.47 bits per heavy atom. The van der Waals surface area contributed by atoms with E-state index in [0.717, 1.165) is 11.3 Å². The number of rotatable bonds is 3. The fraction of sp³-hybridized carbons (Fsp3) is 0.444. The third-order valence-corrected chi connectivity index (χ3v) is 2.61. The zero-order chi connectivity index (χ0) is 13.8. The van der Waals surface area contributed by atoms with Gasteiger partial charge in [0.2, 0.25) is 0 Å². The van der Waals surface area contributed by atoms with Crippen LogP contribution >= 0.6 is 0 Å². The molecule has 0 amide bonds. The number of hydrogen-bond donors (Lipinski definition) is 2. The lowest BCUT2D eigenvalue weighted by Gasteiger charge is -2.15. The third kappa shape index (κ3) is 4.24. The van der Waals surface area contributed by atoms with Gasteiger partial charge in [-0.3, -0.25) is 10.4 Å². The van der Waals surface area contributed by atoms with Crippen molar-refractivity contribution in [3.8, 4) is 6.07 Å². The monoisotopic (exact) mass is 257 g/mol. The lowest BCUT2D eigenvalue weighted by Crippen LogP contribution is -2.26. The van der Waals surface area contributed by atoms with Gasteiger partial charge in [0.15, 0.2) is 14.9 Å². The second-order valence-corrected chi connectivity index (χ2v) is 5.50. The maximum Gasteiger partial charge on any atom is 0.193 e. The van der Waals surface area contributed by atoms with Gasteiger partial charge in [-0.25, -0.2) is 8.42 Å². The molecule has 0 unspecified atom stereocenters. The van der Waals surface area contributed by atoms with E-state index >= 15 is 0 Å². The van der Waals surface area contributed by atoms with Crippen molar-refractivity contribution in [3.63, 3.8) is 0 Å². The van der Waals surface area contributed by atoms with E-state index in [4.69, 9.17) is 16.4 Å². The average Bonchev–Trinajstić information content (AvgIpc) is 2.15. The minimum Gasteiger partial charge on any atom is -0.383 e. The molecule has 7 nitrogen and oxygen atoms in total. The predicted octanol–water partition coefficient (Wildman–Crippen LogP) is 0.0297. The molecule has 0 rings (SSSR count). The Labute approximate surface area is 101 Å². The largest absolute Gasteiger partial charge is 0.383 e. The van der Waals surface area contributed by atoms with Crippen molar-refractivity contribution in [2.45, 2.75) is 13.8 Å². The summed E-state index contributed by atoms with van der Waals surface area (Å²) in [7, 11) is -2.31. The summed E-state index contributed by atoms with van der Waals surface area (Å²) in [5.41, 5.74) is 5.85. The number of nitrogens with one attached hydrogen (secondary N) is 1. The molecule has 0 aliphatic carbocycles. The molecule has 0 radical (unpaired) electrons. The second kappa shape index (κ2) is 5.45. The zero-order valence-electron chi connectivity index (χ0n) is 10.1. The van der Waals surface area contributed by atoms with Crippen molar-refractivity contribution in [3.05, 3.63) is 11.4 Å². The molecule has 8 heteroatoms. The van der Waals surface area contributed by atoms with Crippen LogP contribution in [0.15, 0.2) is 16.5 Å². The summed E-state index contributed by atoms with van der Waals surface area (Å²) in [5.74, 6) is -0.177. The number of hydrazone groups is 1. The lowest BCUT2D eigenvalue weighted by molar-refractivity contribution is 0.438. The van der Waals surface area contributed by atoms with Gasteiger partial charge in [-0.2, -0.15) is 10.4 Å². The first-order valence-electron chi connectivity index (χ1n) is 4.55. The Morgan fingerprint density at radius 3 is 2.24 bits per heavy atom. The molecule has 0 aromatic carbocycles. The molecule has 0 aromatic heterocycles. The predicted molar refractivity (Wildman–Crippen MR) is 65.9 cm³/mol. The van der Waals surface area contributed by atoms with Crippen LogP contribution in [0.1, 0.15) is 13.8 Å². The fourth-order valence-electron chi connectivity index (χ4n) is 0.925. The highest BCUT2D eigenvalue weighted by Crippen LogP contribution is 2.08. The maximum absolute atomic E-state index is 11.2. The van der Waals surface area contributed by atoms with Crippen LogP contribution in [0, 0.1) is 16.7 Å². The molecule has 0 aliphatic heterocycles. The summed E-state index contributed by atoms with van der Waals surface area (Å²) in [4.78, 5) is 0. The first-order chi connectivity index (χ1) is 7.61. The second-order valence-electron chi connectivity index (χ2n) is 3.54. The standard InChI is InChI=1S/C9H15N5O2S/c1-6(2)13-14(3)8(11)7(5-10)9(12)17(4,15)16/h12H,11H2,1-4H3/b8-7-,12-9?. The van der Waals surface area contributed by atoms with Crippen molar-refractivity contribution >= 4 is 20.6 Å². The average molecular weight is 257 g/mol. The molecule has 0 atom stereocenters. The van der Waals surface area contributed by atoms with Crippen molar-refractivity contribution in [2.24, 2.45) is 10.8 Å². The zero-order valence-corrected chi connectivity index (χ0v) is 11.0. The highest BCUT2D eigenvalue weighted by Gasteiger charge is 2.21. The molecular weight excluding hydrogens is 242 g/mol. The third-order valence-electron chi connectivity index (χ3n) is 1.66. The maximum atomic E-state index is 11.2. The first kappa shape index (κ1) is 15.1. The van der Waals surface area contributed by atoms with E-state index in [1.54, 1.807) is 19.9 Å². The Balaban J connectivity index is 5.61. The quantitative estimate of drug-likeness (QED) is 0.319. The van der Waals surface area contributed by atoms with Crippen LogP contribution in [0.3, 0.4) is 0 Å². The number of sulfone groups is 1. The fourth-order valence-corrected chi connectivity index (χ4v) is 1.45. The summed E-state index contributed by atoms with van der Waals surface area (Å²) in [6.07, 6.45) is 0.842. The minimum absolute atomic E-state index is 0.177. The molecule has 0 spiro atoms. The van der Waals surface area contributed by atoms with Crippen molar-refractivity contribution in [1.82, 2.24) is 5.01 Å². The van der Waals surface area contributed by atoms with Crippen LogP contribution in [0.4, 0.5) is 0 Å². The Kier molecular flexibility index (Phi) is 4.85. The van der Waals surface area contributed by atoms with Crippen molar-refractivity contribution in [2.75, 3.05) is 13.3 Å². The van der Waals surface area contributed by atoms with Gasteiger partial charge < -0.3 is 5.73 Å². The van der Waals surface area contributed by atoms with Gasteiger partial charge in [0, 0.05) is 19.0 Å². The van der Waals surface area contributed by atoms with Crippen molar-refractivity contribution in [1.29, 1.82) is 10.7 Å². The van der Waals surface area contributed by atoms with Gasteiger partial charge >= 0.3 is 0 Å². The molecule has 17 heavy (non-hydrogen) atoms. The number of nitrogens with two attached hydrogens (primary N) is 1. The van der Waals surface area contributed by atoms with E-state index in [1.165, 1.54) is 7.05 Å². The van der Waals surface area contributed by atoms with E-state index in [0.29, 0.717) is 5.71 Å². The number of nitriles is 1. The molecule has 0 bridgehead atoms. The van der Waals surface area contributed by atoms with E-state index in [2.05, 4.69) is 5.10 Å². The van der Waals surface area contributed by atoms with Crippen molar-refractivity contribution < 1.29 is 8.42 Å². The van der Waals surface area contributed by atoms with Gasteiger partial charge in [-0.05, 0) is 13.8 Å². The van der Waals surface area contributed by atoms with Gasteiger partial charge in [-0.1, -0.05) is 0 Å². The van der Waals surface area contributed by atoms with E-state index in [-0.39, 0.29) is 5.82 Å². The van der Waals surface area contributed by atoms with Crippen LogP contribution in [-0.4, -0.2) is 37.5 Å². The highest BCUT2D eigenvalue weighted by molar-refractivity contribution is 8.06. The minimum atomic E-state index is -3.77. The molecule has 0 aromatic rings. The van der Waals surface area contributed by atoms with Crippen LogP contribution in [-0.2, 0) is 9.84 Å². The van der Waals surface area contributed by atoms with E-state index in [1.807, 2.05) is 0 Å². The van der Waals surface area contributed by atoms with Crippen LogP contribution in [0.25, 0.3) is 0 Å². The molecule has 94 valence electrons. The molecule has 0 saturated carbocycles. The first-order valence-corrected chi connectivity index (χ1v) is 6.44. The molecule has 0 heterocycles. The number of nitrogens with zero attached hydrogens (tertiary/aromatic N) is 3.